The Morgan fingerprint density at radius 3 is 2.72 bits per heavy atom. The van der Waals surface area contributed by atoms with Crippen LogP contribution >= 0.6 is 11.6 Å². The van der Waals surface area contributed by atoms with Gasteiger partial charge in [0.1, 0.15) is 5.75 Å². The van der Waals surface area contributed by atoms with Crippen molar-refractivity contribution >= 4 is 11.6 Å². The zero-order chi connectivity index (χ0) is 13.1. The lowest BCUT2D eigenvalue weighted by Gasteiger charge is -2.06. The number of benzene rings is 1. The lowest BCUT2D eigenvalue weighted by Crippen LogP contribution is -1.98. The third kappa shape index (κ3) is 2.49. The minimum atomic E-state index is 0.527. The van der Waals surface area contributed by atoms with Gasteiger partial charge in [-0.1, -0.05) is 11.6 Å². The van der Waals surface area contributed by atoms with E-state index >= 15 is 0 Å². The molecule has 0 saturated heterocycles. The average Bonchev–Trinajstić information content (AvgIpc) is 2.71. The van der Waals surface area contributed by atoms with E-state index in [1.165, 1.54) is 0 Å². The van der Waals surface area contributed by atoms with Crippen molar-refractivity contribution in [2.24, 2.45) is 7.05 Å². The van der Waals surface area contributed by atoms with Crippen LogP contribution in [-0.2, 0) is 18.4 Å². The number of halogens is 1. The van der Waals surface area contributed by atoms with Gasteiger partial charge in [-0.15, -0.1) is 0 Å². The molecule has 18 heavy (non-hydrogen) atoms. The van der Waals surface area contributed by atoms with Crippen LogP contribution in [0.5, 0.6) is 5.75 Å². The highest BCUT2D eigenvalue weighted by atomic mass is 35.5. The third-order valence-electron chi connectivity index (χ3n) is 2.71. The molecule has 0 aliphatic rings. The summed E-state index contributed by atoms with van der Waals surface area (Å²) in [5, 5.41) is 5.09. The quantitative estimate of drug-likeness (QED) is 0.854. The van der Waals surface area contributed by atoms with Gasteiger partial charge < -0.3 is 9.47 Å². The van der Waals surface area contributed by atoms with Crippen molar-refractivity contribution in [1.29, 1.82) is 0 Å². The summed E-state index contributed by atoms with van der Waals surface area (Å²) >= 11 is 5.94. The van der Waals surface area contributed by atoms with Gasteiger partial charge >= 0.3 is 0 Å². The molecule has 0 amide bonds. The van der Waals surface area contributed by atoms with Gasteiger partial charge in [0.2, 0.25) is 0 Å². The molecular formula is C13H15ClN2O2. The largest absolute Gasteiger partial charge is 0.496 e. The van der Waals surface area contributed by atoms with Crippen LogP contribution in [0, 0.1) is 0 Å². The first-order valence-electron chi connectivity index (χ1n) is 5.51. The maximum absolute atomic E-state index is 5.94. The van der Waals surface area contributed by atoms with Crippen molar-refractivity contribution in [3.8, 4) is 17.0 Å². The second kappa shape index (κ2) is 5.42. The Balaban J connectivity index is 2.45. The summed E-state index contributed by atoms with van der Waals surface area (Å²) in [4.78, 5) is 0. The Labute approximate surface area is 111 Å². The number of ether oxygens (including phenoxy) is 2. The Morgan fingerprint density at radius 2 is 2.06 bits per heavy atom. The summed E-state index contributed by atoms with van der Waals surface area (Å²) in [6.45, 7) is 0.527. The van der Waals surface area contributed by atoms with Crippen molar-refractivity contribution < 1.29 is 9.47 Å². The maximum Gasteiger partial charge on any atom is 0.129 e. The predicted molar refractivity (Wildman–Crippen MR) is 70.9 cm³/mol. The van der Waals surface area contributed by atoms with Crippen LogP contribution in [0.2, 0.25) is 5.02 Å². The number of aromatic nitrogens is 2. The van der Waals surface area contributed by atoms with E-state index < -0.39 is 0 Å². The van der Waals surface area contributed by atoms with Crippen molar-refractivity contribution in [2.45, 2.75) is 6.61 Å². The molecule has 0 N–H and O–H groups in total. The van der Waals surface area contributed by atoms with E-state index in [1.807, 2.05) is 25.2 Å². The van der Waals surface area contributed by atoms with E-state index in [9.17, 15) is 0 Å². The molecule has 0 aliphatic heterocycles. The van der Waals surface area contributed by atoms with Gasteiger partial charge in [-0.3, -0.25) is 4.68 Å². The van der Waals surface area contributed by atoms with E-state index in [0.717, 1.165) is 17.0 Å². The SMILES string of the molecule is COCc1cc(-c2ccc(Cl)cc2OC)nn1C. The van der Waals surface area contributed by atoms with E-state index in [2.05, 4.69) is 5.10 Å². The molecule has 1 aromatic carbocycles. The molecule has 0 fully saturated rings. The van der Waals surface area contributed by atoms with Crippen molar-refractivity contribution in [3.63, 3.8) is 0 Å². The summed E-state index contributed by atoms with van der Waals surface area (Å²) < 4.78 is 12.2. The van der Waals surface area contributed by atoms with Gasteiger partial charge in [0.15, 0.2) is 0 Å². The number of aryl methyl sites for hydroxylation is 1. The highest BCUT2D eigenvalue weighted by Gasteiger charge is 2.12. The standard InChI is InChI=1S/C13H15ClN2O2/c1-16-10(8-17-2)7-12(15-16)11-5-4-9(14)6-13(11)18-3/h4-7H,8H2,1-3H3. The molecule has 5 heteroatoms. The summed E-state index contributed by atoms with van der Waals surface area (Å²) in [5.74, 6) is 0.713. The molecule has 96 valence electrons. The van der Waals surface area contributed by atoms with Crippen LogP contribution < -0.4 is 4.74 Å². The van der Waals surface area contributed by atoms with Crippen molar-refractivity contribution in [3.05, 3.63) is 35.0 Å². The summed E-state index contributed by atoms with van der Waals surface area (Å²) in [5.41, 5.74) is 2.77. The van der Waals surface area contributed by atoms with E-state index in [-0.39, 0.29) is 0 Å². The maximum atomic E-state index is 5.94. The first-order valence-corrected chi connectivity index (χ1v) is 5.89. The lowest BCUT2D eigenvalue weighted by atomic mass is 10.1. The van der Waals surface area contributed by atoms with Crippen LogP contribution in [0.3, 0.4) is 0 Å². The van der Waals surface area contributed by atoms with Gasteiger partial charge in [0.05, 0.1) is 25.1 Å². The molecular weight excluding hydrogens is 252 g/mol. The van der Waals surface area contributed by atoms with E-state index in [4.69, 9.17) is 21.1 Å². The number of methoxy groups -OCH3 is 2. The van der Waals surface area contributed by atoms with Crippen molar-refractivity contribution in [1.82, 2.24) is 9.78 Å². The van der Waals surface area contributed by atoms with Gasteiger partial charge in [-0.05, 0) is 24.3 Å². The molecule has 0 atom stereocenters. The monoisotopic (exact) mass is 266 g/mol. The fourth-order valence-corrected chi connectivity index (χ4v) is 1.96. The van der Waals surface area contributed by atoms with E-state index in [1.54, 1.807) is 25.0 Å². The molecule has 4 nitrogen and oxygen atoms in total. The van der Waals surface area contributed by atoms with Crippen LogP contribution in [0.25, 0.3) is 11.3 Å². The fraction of sp³-hybridized carbons (Fsp3) is 0.308. The Hall–Kier alpha value is -1.52. The normalized spacial score (nSPS) is 10.7. The minimum absolute atomic E-state index is 0.527. The van der Waals surface area contributed by atoms with Crippen LogP contribution in [0.4, 0.5) is 0 Å². The lowest BCUT2D eigenvalue weighted by molar-refractivity contribution is 0.178. The number of nitrogens with zero attached hydrogens (tertiary/aromatic N) is 2. The first kappa shape index (κ1) is 12.9. The van der Waals surface area contributed by atoms with Gasteiger partial charge in [0, 0.05) is 24.7 Å². The average molecular weight is 267 g/mol. The topological polar surface area (TPSA) is 36.3 Å². The molecule has 2 aromatic rings. The predicted octanol–water partition coefficient (Wildman–Crippen LogP) is 2.90. The zero-order valence-electron chi connectivity index (χ0n) is 10.6. The Morgan fingerprint density at radius 1 is 1.28 bits per heavy atom. The summed E-state index contributed by atoms with van der Waals surface area (Å²) in [6, 6.07) is 7.49. The molecule has 1 heterocycles. The zero-order valence-corrected chi connectivity index (χ0v) is 11.4. The molecule has 0 saturated carbocycles. The van der Waals surface area contributed by atoms with Crippen LogP contribution in [-0.4, -0.2) is 24.0 Å². The van der Waals surface area contributed by atoms with Crippen LogP contribution in [0.1, 0.15) is 5.69 Å². The van der Waals surface area contributed by atoms with Crippen LogP contribution in [0.15, 0.2) is 24.3 Å². The number of hydrogen-bond donors (Lipinski definition) is 0. The highest BCUT2D eigenvalue weighted by molar-refractivity contribution is 6.30. The van der Waals surface area contributed by atoms with Crippen molar-refractivity contribution in [2.75, 3.05) is 14.2 Å². The molecule has 0 radical (unpaired) electrons. The molecule has 2 rings (SSSR count). The minimum Gasteiger partial charge on any atom is -0.496 e. The number of hydrogen-bond acceptors (Lipinski definition) is 3. The molecule has 1 aromatic heterocycles. The molecule has 0 unspecified atom stereocenters. The summed E-state index contributed by atoms with van der Waals surface area (Å²) in [6.07, 6.45) is 0. The van der Waals surface area contributed by atoms with Gasteiger partial charge in [0.25, 0.3) is 0 Å². The third-order valence-corrected chi connectivity index (χ3v) is 2.94. The van der Waals surface area contributed by atoms with Gasteiger partial charge in [-0.2, -0.15) is 5.10 Å². The second-order valence-corrected chi connectivity index (χ2v) is 4.36. The second-order valence-electron chi connectivity index (χ2n) is 3.92. The smallest absolute Gasteiger partial charge is 0.129 e. The van der Waals surface area contributed by atoms with Gasteiger partial charge in [-0.25, -0.2) is 0 Å². The summed E-state index contributed by atoms with van der Waals surface area (Å²) in [7, 11) is 5.17. The first-order chi connectivity index (χ1) is 8.65. The Kier molecular flexibility index (Phi) is 3.89. The molecule has 0 aliphatic carbocycles. The van der Waals surface area contributed by atoms with E-state index in [0.29, 0.717) is 17.4 Å². The number of rotatable bonds is 4. The Bertz CT molecular complexity index is 552. The fourth-order valence-electron chi connectivity index (χ4n) is 1.80. The highest BCUT2D eigenvalue weighted by Crippen LogP contribution is 2.31. The molecule has 0 spiro atoms. The molecule has 0 bridgehead atoms.